The summed E-state index contributed by atoms with van der Waals surface area (Å²) in [6.45, 7) is 10.9. The summed E-state index contributed by atoms with van der Waals surface area (Å²) in [4.78, 5) is 2.47. The number of ether oxygens (including phenoxy) is 8. The Morgan fingerprint density at radius 1 is 0.322 bits per heavy atom. The molecule has 0 atom stereocenters. The van der Waals surface area contributed by atoms with Gasteiger partial charge in [0.1, 0.15) is 0 Å². The van der Waals surface area contributed by atoms with E-state index in [0.717, 1.165) is 53.9 Å². The van der Waals surface area contributed by atoms with Gasteiger partial charge < -0.3 is 47.4 Å². The zero-order valence-electron chi connectivity index (χ0n) is 52.9. The molecule has 0 spiro atoms. The maximum atomic E-state index is 6.39. The summed E-state index contributed by atoms with van der Waals surface area (Å²) in [7, 11) is 6.90. The Hall–Kier alpha value is -8.00. The molecule has 1 aromatic heterocycles. The van der Waals surface area contributed by atoms with Gasteiger partial charge >= 0.3 is 0 Å². The lowest BCUT2D eigenvalue weighted by atomic mass is 9.72. The Labute approximate surface area is 529 Å². The van der Waals surface area contributed by atoms with Crippen LogP contribution in [0.4, 0.5) is 17.1 Å². The second-order valence-corrected chi connectivity index (χ2v) is 24.3. The lowest BCUT2D eigenvalue weighted by Gasteiger charge is -2.35. The number of aryl methyl sites for hydroxylation is 2. The molecule has 10 nitrogen and oxygen atoms in total. The van der Waals surface area contributed by atoms with E-state index < -0.39 is 10.8 Å². The minimum atomic E-state index is -0.413. The molecule has 11 aromatic rings. The number of rotatable bonds is 29. The van der Waals surface area contributed by atoms with Crippen LogP contribution >= 0.6 is 0 Å². The summed E-state index contributed by atoms with van der Waals surface area (Å²) >= 11 is 0. The van der Waals surface area contributed by atoms with Gasteiger partial charge in [0.05, 0.1) is 69.6 Å². The molecule has 0 N–H and O–H groups in total. The molecule has 0 amide bonds. The Morgan fingerprint density at radius 2 is 0.733 bits per heavy atom. The van der Waals surface area contributed by atoms with Crippen molar-refractivity contribution in [3.63, 3.8) is 0 Å². The predicted octanol–water partition coefficient (Wildman–Crippen LogP) is 17.6. The average Bonchev–Trinajstić information content (AvgIpc) is 1.56. The van der Waals surface area contributed by atoms with E-state index in [4.69, 9.17) is 37.9 Å². The lowest BCUT2D eigenvalue weighted by Crippen LogP contribution is -2.30. The average molecular weight is 1200 g/mol. The second kappa shape index (κ2) is 27.2. The molecule has 0 aliphatic heterocycles. The van der Waals surface area contributed by atoms with Gasteiger partial charge in [-0.1, -0.05) is 145 Å². The van der Waals surface area contributed by atoms with E-state index in [0.29, 0.717) is 79.3 Å². The number of anilines is 3. The maximum absolute atomic E-state index is 6.39. The van der Waals surface area contributed by atoms with Crippen molar-refractivity contribution in [3.05, 3.63) is 228 Å². The van der Waals surface area contributed by atoms with Crippen LogP contribution in [0.15, 0.2) is 194 Å². The summed E-state index contributed by atoms with van der Waals surface area (Å²) in [6.07, 6.45) is 3.08. The molecular formula is C80H82N2O8. The van der Waals surface area contributed by atoms with Crippen LogP contribution in [0.1, 0.15) is 59.1 Å². The molecule has 0 saturated heterocycles. The zero-order chi connectivity index (χ0) is 61.6. The van der Waals surface area contributed by atoms with Gasteiger partial charge in [0, 0.05) is 98.9 Å². The fourth-order valence-corrected chi connectivity index (χ4v) is 14.6. The van der Waals surface area contributed by atoms with Crippen LogP contribution in [0.3, 0.4) is 0 Å². The normalized spacial score (nSPS) is 13.6. The first-order valence-corrected chi connectivity index (χ1v) is 31.9. The summed E-state index contributed by atoms with van der Waals surface area (Å²) in [5, 5.41) is 7.39. The minimum Gasteiger partial charge on any atom is -0.382 e. The van der Waals surface area contributed by atoms with Gasteiger partial charge in [-0.05, 0) is 172 Å². The van der Waals surface area contributed by atoms with E-state index in [-0.39, 0.29) is 0 Å². The van der Waals surface area contributed by atoms with Gasteiger partial charge in [-0.3, -0.25) is 0 Å². The molecule has 10 aromatic carbocycles. The van der Waals surface area contributed by atoms with Gasteiger partial charge in [-0.15, -0.1) is 0 Å². The van der Waals surface area contributed by atoms with Crippen molar-refractivity contribution in [1.82, 2.24) is 4.57 Å². The van der Waals surface area contributed by atoms with E-state index in [9.17, 15) is 0 Å². The first kappa shape index (κ1) is 60.9. The first-order chi connectivity index (χ1) is 44.3. The molecule has 90 heavy (non-hydrogen) atoms. The van der Waals surface area contributed by atoms with Crippen molar-refractivity contribution in [2.24, 2.45) is 0 Å². The van der Waals surface area contributed by atoms with Crippen molar-refractivity contribution in [1.29, 1.82) is 0 Å². The van der Waals surface area contributed by atoms with Crippen LogP contribution < -0.4 is 4.90 Å². The fraction of sp³-hybridized carbons (Fsp3) is 0.300. The Balaban J connectivity index is 0.960. The Morgan fingerprint density at radius 3 is 1.24 bits per heavy atom. The first-order valence-electron chi connectivity index (χ1n) is 31.9. The van der Waals surface area contributed by atoms with Crippen LogP contribution in [0.25, 0.3) is 82.4 Å². The highest BCUT2D eigenvalue weighted by Crippen LogP contribution is 2.57. The van der Waals surface area contributed by atoms with Crippen LogP contribution in [-0.2, 0) is 48.7 Å². The molecule has 0 saturated carbocycles. The highest BCUT2D eigenvalue weighted by molar-refractivity contribution is 6.15. The van der Waals surface area contributed by atoms with E-state index in [1.165, 1.54) is 105 Å². The van der Waals surface area contributed by atoms with Crippen LogP contribution in [0.5, 0.6) is 0 Å². The number of nitrogens with zero attached hydrogens (tertiary/aromatic N) is 2. The van der Waals surface area contributed by atoms with Gasteiger partial charge in [0.15, 0.2) is 0 Å². The van der Waals surface area contributed by atoms with E-state index in [1.807, 2.05) is 0 Å². The van der Waals surface area contributed by atoms with Gasteiger partial charge in [-0.2, -0.15) is 0 Å². The van der Waals surface area contributed by atoms with Crippen LogP contribution in [-0.4, -0.2) is 112 Å². The second-order valence-electron chi connectivity index (χ2n) is 24.3. The van der Waals surface area contributed by atoms with Crippen molar-refractivity contribution in [2.75, 3.05) is 113 Å². The number of hydrogen-bond donors (Lipinski definition) is 0. The predicted molar refractivity (Wildman–Crippen MR) is 367 cm³/mol. The minimum absolute atomic E-state index is 0.413. The molecule has 0 fully saturated rings. The SMILES string of the molecule is COCCOCCC1(CCOCCOC)c2cc(C)ccc2-c2ccc(N(c3ccc(-c4ccc5c(c4)c4ccccc4n5-c4cc5ccccc5c5ccccc45)cc3)c3ccc4c(c3)C(CCOCCOC)(CCOCCOC)c3cc(C)ccc3-4)cc21. The summed E-state index contributed by atoms with van der Waals surface area (Å²) in [6, 6.07) is 73.2. The summed E-state index contributed by atoms with van der Waals surface area (Å²) in [5.74, 6) is 0. The molecule has 0 radical (unpaired) electrons. The summed E-state index contributed by atoms with van der Waals surface area (Å²) < 4.78 is 49.8. The molecule has 13 rings (SSSR count). The molecule has 0 unspecified atom stereocenters. The van der Waals surface area contributed by atoms with Gasteiger partial charge in [0.25, 0.3) is 0 Å². The Kier molecular flexibility index (Phi) is 18.4. The third-order valence-corrected chi connectivity index (χ3v) is 19.1. The molecular weight excluding hydrogens is 1120 g/mol. The van der Waals surface area contributed by atoms with Crippen molar-refractivity contribution < 1.29 is 37.9 Å². The largest absolute Gasteiger partial charge is 0.382 e. The topological polar surface area (TPSA) is 82.0 Å². The van der Waals surface area contributed by atoms with Crippen molar-refractivity contribution >= 4 is 60.4 Å². The van der Waals surface area contributed by atoms with E-state index in [1.54, 1.807) is 28.4 Å². The highest BCUT2D eigenvalue weighted by atomic mass is 16.5. The molecule has 2 aliphatic carbocycles. The number of aromatic nitrogens is 1. The van der Waals surface area contributed by atoms with Gasteiger partial charge in [0.2, 0.25) is 0 Å². The summed E-state index contributed by atoms with van der Waals surface area (Å²) in [5.41, 5.74) is 20.8. The number of methoxy groups -OCH3 is 4. The van der Waals surface area contributed by atoms with Crippen LogP contribution in [0.2, 0.25) is 0 Å². The lowest BCUT2D eigenvalue weighted by molar-refractivity contribution is 0.0490. The van der Waals surface area contributed by atoms with Crippen molar-refractivity contribution in [3.8, 4) is 39.1 Å². The fourth-order valence-electron chi connectivity index (χ4n) is 14.6. The quantitative estimate of drug-likeness (QED) is 0.0336. The Bertz CT molecular complexity index is 4170. The number of fused-ring (bicyclic) bond motifs is 12. The number of benzene rings is 10. The van der Waals surface area contributed by atoms with Crippen molar-refractivity contribution in [2.45, 2.75) is 50.4 Å². The number of hydrogen-bond acceptors (Lipinski definition) is 9. The number of para-hydroxylation sites is 1. The third-order valence-electron chi connectivity index (χ3n) is 19.1. The smallest absolute Gasteiger partial charge is 0.0700 e. The van der Waals surface area contributed by atoms with Gasteiger partial charge in [-0.25, -0.2) is 0 Å². The van der Waals surface area contributed by atoms with E-state index in [2.05, 4.69) is 217 Å². The molecule has 460 valence electrons. The molecule has 2 aliphatic rings. The molecule has 1 heterocycles. The van der Waals surface area contributed by atoms with E-state index >= 15 is 0 Å². The zero-order valence-corrected chi connectivity index (χ0v) is 52.9. The third kappa shape index (κ3) is 11.5. The van der Waals surface area contributed by atoms with Crippen LogP contribution in [0, 0.1) is 13.8 Å². The maximum Gasteiger partial charge on any atom is 0.0700 e. The molecule has 10 heteroatoms. The monoisotopic (exact) mass is 1200 g/mol. The molecule has 0 bridgehead atoms. The highest BCUT2D eigenvalue weighted by Gasteiger charge is 2.45. The standard InChI is InChI=1S/C80H82N2O8/c1-55-19-28-65-67-30-26-61(53-74(67)79(72(65)49-55,33-37-87-45-41-83-3)34-38-88-46-42-84-4)81(62-27-31-68-66-29-20-56(2)50-73(66)80(75(68)54-62,35-39-89-47-43-85-5)36-40-90-48-44-86-6)60-24-21-57(22-25-60)58-23-32-77-71(51-58)70-17-11-12-18-76(70)82(77)78-52-59-13-7-8-14-63(59)64-15-9-10-16-69(64)78/h7-32,49-54H,33-48H2,1-6H3.